The number of aryl methyl sites for hydroxylation is 2. The largest absolute Gasteiger partial charge is 0.462 e. The molecule has 1 heterocycles. The van der Waals surface area contributed by atoms with E-state index in [1.54, 1.807) is 34.6 Å². The second-order valence-corrected chi connectivity index (χ2v) is 9.00. The van der Waals surface area contributed by atoms with Crippen molar-refractivity contribution in [1.29, 1.82) is 0 Å². The molecular formula is C22H28N2O7S. The van der Waals surface area contributed by atoms with E-state index in [4.69, 9.17) is 9.47 Å². The molecule has 0 aliphatic rings. The number of H-pyrrole nitrogens is 1. The molecule has 0 fully saturated rings. The summed E-state index contributed by atoms with van der Waals surface area (Å²) in [6.45, 7) is 10.0. The van der Waals surface area contributed by atoms with Gasteiger partial charge in [-0.3, -0.25) is 4.79 Å². The molecule has 0 saturated heterocycles. The predicted molar refractivity (Wildman–Crippen MR) is 117 cm³/mol. The Morgan fingerprint density at radius 3 is 2.34 bits per heavy atom. The van der Waals surface area contributed by atoms with Crippen molar-refractivity contribution in [2.24, 2.45) is 0 Å². The molecule has 2 aromatic rings. The molecule has 2 N–H and O–H groups in total. The normalized spacial score (nSPS) is 12.3. The second kappa shape index (κ2) is 10.1. The van der Waals surface area contributed by atoms with E-state index < -0.39 is 33.8 Å². The maximum Gasteiger partial charge on any atom is 0.340 e. The molecule has 10 heteroatoms. The number of sulfonamides is 1. The summed E-state index contributed by atoms with van der Waals surface area (Å²) in [4.78, 5) is 40.6. The summed E-state index contributed by atoms with van der Waals surface area (Å²) in [5.41, 5.74) is 1.83. The van der Waals surface area contributed by atoms with Gasteiger partial charge >= 0.3 is 11.9 Å². The molecule has 0 saturated carbocycles. The van der Waals surface area contributed by atoms with Gasteiger partial charge in [-0.25, -0.2) is 22.7 Å². The van der Waals surface area contributed by atoms with Crippen LogP contribution in [0.25, 0.3) is 0 Å². The summed E-state index contributed by atoms with van der Waals surface area (Å²) in [6.07, 6.45) is -1.18. The minimum Gasteiger partial charge on any atom is -0.462 e. The lowest BCUT2D eigenvalue weighted by Crippen LogP contribution is -2.26. The zero-order chi connectivity index (χ0) is 24.2. The monoisotopic (exact) mass is 464 g/mol. The van der Waals surface area contributed by atoms with Crippen LogP contribution in [0.4, 0.5) is 0 Å². The third-order valence-corrected chi connectivity index (χ3v) is 6.43. The lowest BCUT2D eigenvalue weighted by molar-refractivity contribution is 0.0315. The van der Waals surface area contributed by atoms with Crippen LogP contribution in [0.1, 0.15) is 68.8 Å². The van der Waals surface area contributed by atoms with E-state index in [0.717, 1.165) is 0 Å². The van der Waals surface area contributed by atoms with E-state index in [1.165, 1.54) is 25.1 Å². The Morgan fingerprint density at radius 2 is 1.75 bits per heavy atom. The van der Waals surface area contributed by atoms with Crippen LogP contribution in [0.15, 0.2) is 23.1 Å². The lowest BCUT2D eigenvalue weighted by atomic mass is 10.1. The van der Waals surface area contributed by atoms with Gasteiger partial charge in [0.15, 0.2) is 6.10 Å². The number of nitrogens with one attached hydrogen (secondary N) is 2. The highest BCUT2D eigenvalue weighted by Gasteiger charge is 2.28. The fourth-order valence-electron chi connectivity index (χ4n) is 3.25. The van der Waals surface area contributed by atoms with Gasteiger partial charge in [-0.05, 0) is 57.9 Å². The molecular weight excluding hydrogens is 436 g/mol. The number of carbonyl (C=O) groups excluding carboxylic acids is 3. The molecule has 0 amide bonds. The number of ether oxygens (including phenoxy) is 2. The van der Waals surface area contributed by atoms with Gasteiger partial charge in [0.25, 0.3) is 0 Å². The van der Waals surface area contributed by atoms with Crippen LogP contribution in [0, 0.1) is 20.8 Å². The number of aromatic nitrogens is 1. The fraction of sp³-hybridized carbons (Fsp3) is 0.409. The average Bonchev–Trinajstić information content (AvgIpc) is 3.01. The summed E-state index contributed by atoms with van der Waals surface area (Å²) in [7, 11) is -3.77. The number of aromatic amines is 1. The second-order valence-electron chi connectivity index (χ2n) is 7.24. The van der Waals surface area contributed by atoms with Crippen molar-refractivity contribution in [3.63, 3.8) is 0 Å². The first-order chi connectivity index (χ1) is 14.9. The first-order valence-corrected chi connectivity index (χ1v) is 11.6. The summed E-state index contributed by atoms with van der Waals surface area (Å²) in [5, 5.41) is 0. The van der Waals surface area contributed by atoms with Crippen LogP contribution in [-0.4, -0.2) is 50.4 Å². The van der Waals surface area contributed by atoms with Crippen LogP contribution in [0.2, 0.25) is 0 Å². The van der Waals surface area contributed by atoms with Gasteiger partial charge in [0.2, 0.25) is 15.8 Å². The summed E-state index contributed by atoms with van der Waals surface area (Å²) in [5.74, 6) is -1.90. The third kappa shape index (κ3) is 5.25. The fourth-order valence-corrected chi connectivity index (χ4v) is 4.32. The van der Waals surface area contributed by atoms with Crippen LogP contribution >= 0.6 is 0 Å². The molecule has 0 bridgehead atoms. The van der Waals surface area contributed by atoms with E-state index in [2.05, 4.69) is 9.71 Å². The highest BCUT2D eigenvalue weighted by atomic mass is 32.2. The Labute approximate surface area is 187 Å². The Balaban J connectivity index is 2.28. The van der Waals surface area contributed by atoms with Crippen molar-refractivity contribution in [3.8, 4) is 0 Å². The first-order valence-electron chi connectivity index (χ1n) is 10.2. The standard InChI is InChI=1S/C22H28N2O7S/c1-7-23-32(28,29)16-10-9-12(3)17(11-16)21(26)31-15(6)20(25)19-13(4)18(14(5)24-19)22(27)30-8-2/h9-11,15,23-24H,7-8H2,1-6H3. The summed E-state index contributed by atoms with van der Waals surface area (Å²) >= 11 is 0. The molecule has 0 spiro atoms. The molecule has 1 aromatic heterocycles. The van der Waals surface area contributed by atoms with Crippen molar-refractivity contribution in [3.05, 3.63) is 51.8 Å². The average molecular weight is 465 g/mol. The van der Waals surface area contributed by atoms with Gasteiger partial charge in [0.05, 0.1) is 28.3 Å². The molecule has 32 heavy (non-hydrogen) atoms. The zero-order valence-electron chi connectivity index (χ0n) is 19.0. The van der Waals surface area contributed by atoms with E-state index >= 15 is 0 Å². The van der Waals surface area contributed by atoms with Gasteiger partial charge in [-0.1, -0.05) is 13.0 Å². The lowest BCUT2D eigenvalue weighted by Gasteiger charge is -2.14. The first kappa shape index (κ1) is 25.3. The zero-order valence-corrected chi connectivity index (χ0v) is 19.8. The van der Waals surface area contributed by atoms with Crippen molar-refractivity contribution in [2.45, 2.75) is 52.5 Å². The van der Waals surface area contributed by atoms with Crippen LogP contribution in [0.3, 0.4) is 0 Å². The van der Waals surface area contributed by atoms with E-state index in [-0.39, 0.29) is 34.9 Å². The molecule has 9 nitrogen and oxygen atoms in total. The summed E-state index contributed by atoms with van der Waals surface area (Å²) in [6, 6.07) is 4.10. The highest BCUT2D eigenvalue weighted by molar-refractivity contribution is 7.89. The molecule has 1 aromatic carbocycles. The molecule has 0 aliphatic carbocycles. The van der Waals surface area contributed by atoms with Gasteiger partial charge in [-0.2, -0.15) is 0 Å². The SMILES string of the molecule is CCNS(=O)(=O)c1ccc(C)c(C(=O)OC(C)C(=O)c2[nH]c(C)c(C(=O)OCC)c2C)c1. The highest BCUT2D eigenvalue weighted by Crippen LogP contribution is 2.22. The maximum atomic E-state index is 12.9. The van der Waals surface area contributed by atoms with Crippen molar-refractivity contribution in [2.75, 3.05) is 13.2 Å². The number of hydrogen-bond donors (Lipinski definition) is 2. The Morgan fingerprint density at radius 1 is 1.09 bits per heavy atom. The number of ketones is 1. The van der Waals surface area contributed by atoms with Gasteiger partial charge in [-0.15, -0.1) is 0 Å². The topological polar surface area (TPSA) is 132 Å². The molecule has 2 rings (SSSR count). The van der Waals surface area contributed by atoms with Gasteiger partial charge < -0.3 is 14.5 Å². The van der Waals surface area contributed by atoms with Crippen molar-refractivity contribution < 1.29 is 32.3 Å². The Bertz CT molecular complexity index is 1150. The van der Waals surface area contributed by atoms with Crippen LogP contribution < -0.4 is 4.72 Å². The number of Topliss-reactive ketones (excluding diaryl/α,β-unsaturated/α-hetero) is 1. The Kier molecular flexibility index (Phi) is 7.97. The molecule has 1 atom stereocenters. The van der Waals surface area contributed by atoms with E-state index in [9.17, 15) is 22.8 Å². The number of benzene rings is 1. The molecule has 0 radical (unpaired) electrons. The molecule has 1 unspecified atom stereocenters. The quantitative estimate of drug-likeness (QED) is 0.431. The predicted octanol–water partition coefficient (Wildman–Crippen LogP) is 2.84. The smallest absolute Gasteiger partial charge is 0.340 e. The van der Waals surface area contributed by atoms with Gasteiger partial charge in [0, 0.05) is 12.2 Å². The molecule has 174 valence electrons. The maximum absolute atomic E-state index is 12.9. The van der Waals surface area contributed by atoms with E-state index in [1.807, 2.05) is 0 Å². The minimum absolute atomic E-state index is 0.0372. The van der Waals surface area contributed by atoms with Crippen molar-refractivity contribution >= 4 is 27.7 Å². The number of hydrogen-bond acceptors (Lipinski definition) is 7. The van der Waals surface area contributed by atoms with E-state index in [0.29, 0.717) is 16.8 Å². The van der Waals surface area contributed by atoms with Crippen molar-refractivity contribution in [1.82, 2.24) is 9.71 Å². The number of rotatable bonds is 9. The third-order valence-electron chi connectivity index (χ3n) is 4.89. The number of carbonyl (C=O) groups is 3. The summed E-state index contributed by atoms with van der Waals surface area (Å²) < 4.78 is 37.2. The van der Waals surface area contributed by atoms with Crippen LogP contribution in [0.5, 0.6) is 0 Å². The van der Waals surface area contributed by atoms with Crippen LogP contribution in [-0.2, 0) is 19.5 Å². The Hall–Kier alpha value is -2.98. The van der Waals surface area contributed by atoms with Gasteiger partial charge in [0.1, 0.15) is 0 Å². The minimum atomic E-state index is -3.77. The molecule has 0 aliphatic heterocycles. The number of esters is 2.